The summed E-state index contributed by atoms with van der Waals surface area (Å²) >= 11 is 1.89. The molecular weight excluding hydrogens is 268 g/mol. The molecule has 0 heterocycles. The topological polar surface area (TPSA) is 55.1 Å². The highest BCUT2D eigenvalue weighted by Crippen LogP contribution is 2.28. The number of hydrogen-bond acceptors (Lipinski definition) is 3. The average Bonchev–Trinajstić information content (AvgIpc) is 2.46. The lowest BCUT2D eigenvalue weighted by atomic mass is 9.86. The molecule has 3 N–H and O–H groups in total. The Labute approximate surface area is 126 Å². The van der Waals surface area contributed by atoms with E-state index in [4.69, 9.17) is 5.73 Å². The quantitative estimate of drug-likeness (QED) is 0.736. The van der Waals surface area contributed by atoms with Gasteiger partial charge in [-0.15, -0.1) is 0 Å². The molecule has 0 bridgehead atoms. The van der Waals surface area contributed by atoms with Crippen molar-refractivity contribution in [1.82, 2.24) is 5.32 Å². The Morgan fingerprint density at radius 3 is 2.50 bits per heavy atom. The summed E-state index contributed by atoms with van der Waals surface area (Å²) in [6.45, 7) is 7.11. The Balaban J connectivity index is 2.92. The first-order valence-electron chi connectivity index (χ1n) is 7.28. The maximum absolute atomic E-state index is 12.1. The zero-order chi connectivity index (χ0) is 15.0. The van der Waals surface area contributed by atoms with E-state index >= 15 is 0 Å². The second kappa shape index (κ2) is 8.32. The van der Waals surface area contributed by atoms with Gasteiger partial charge in [0.15, 0.2) is 0 Å². The number of thioether (sulfide) groups is 1. The Bertz CT molecular complexity index is 410. The Kier molecular flexibility index (Phi) is 7.10. The van der Waals surface area contributed by atoms with Crippen molar-refractivity contribution in [2.75, 3.05) is 12.3 Å². The predicted octanol–water partition coefficient (Wildman–Crippen LogP) is 2.90. The molecule has 1 rings (SSSR count). The molecule has 0 saturated heterocycles. The number of carbonyl (C=O) groups is 1. The van der Waals surface area contributed by atoms with Crippen LogP contribution in [-0.2, 0) is 10.3 Å². The van der Waals surface area contributed by atoms with Crippen LogP contribution in [-0.4, -0.2) is 23.5 Å². The number of rotatable bonds is 9. The number of likely N-dealkylation sites (N-methyl/N-ethyl adjacent to an activating group) is 1. The van der Waals surface area contributed by atoms with Gasteiger partial charge in [-0.05, 0) is 30.7 Å². The first-order chi connectivity index (χ1) is 9.56. The molecule has 2 atom stereocenters. The molecule has 0 radical (unpaired) electrons. The number of carbonyl (C=O) groups excluding carboxylic acids is 1. The molecule has 0 saturated carbocycles. The molecule has 0 spiro atoms. The summed E-state index contributed by atoms with van der Waals surface area (Å²) in [7, 11) is 0. The molecule has 0 aliphatic carbocycles. The van der Waals surface area contributed by atoms with Crippen molar-refractivity contribution >= 4 is 17.7 Å². The van der Waals surface area contributed by atoms with E-state index < -0.39 is 5.54 Å². The first kappa shape index (κ1) is 17.1. The van der Waals surface area contributed by atoms with Crippen LogP contribution in [0.3, 0.4) is 0 Å². The van der Waals surface area contributed by atoms with Crippen LogP contribution < -0.4 is 11.1 Å². The zero-order valence-corrected chi connectivity index (χ0v) is 13.5. The molecule has 0 aliphatic heterocycles. The highest BCUT2D eigenvalue weighted by atomic mass is 32.2. The van der Waals surface area contributed by atoms with Gasteiger partial charge in [0.2, 0.25) is 5.91 Å². The highest BCUT2D eigenvalue weighted by Gasteiger charge is 2.37. The van der Waals surface area contributed by atoms with E-state index in [9.17, 15) is 4.79 Å². The van der Waals surface area contributed by atoms with Gasteiger partial charge in [0.25, 0.3) is 0 Å². The van der Waals surface area contributed by atoms with Crippen molar-refractivity contribution in [2.24, 2.45) is 5.73 Å². The monoisotopic (exact) mass is 294 g/mol. The first-order valence-corrected chi connectivity index (χ1v) is 8.33. The van der Waals surface area contributed by atoms with Crippen LogP contribution in [0.1, 0.15) is 39.2 Å². The third-order valence-electron chi connectivity index (χ3n) is 3.62. The maximum atomic E-state index is 12.1. The van der Waals surface area contributed by atoms with Gasteiger partial charge in [-0.2, -0.15) is 11.8 Å². The lowest BCUT2D eigenvalue weighted by Crippen LogP contribution is -2.53. The van der Waals surface area contributed by atoms with Crippen molar-refractivity contribution < 1.29 is 4.79 Å². The fraction of sp³-hybridized carbons (Fsp3) is 0.562. The minimum Gasteiger partial charge on any atom is -0.368 e. The van der Waals surface area contributed by atoms with E-state index in [1.165, 1.54) is 0 Å². The van der Waals surface area contributed by atoms with Gasteiger partial charge >= 0.3 is 0 Å². The van der Waals surface area contributed by atoms with Crippen LogP contribution in [0.15, 0.2) is 30.3 Å². The fourth-order valence-electron chi connectivity index (χ4n) is 2.24. The molecule has 2 unspecified atom stereocenters. The SMILES string of the molecule is CCNC(CCSC(C)CC)(C(N)=O)c1ccccc1. The van der Waals surface area contributed by atoms with Crippen molar-refractivity contribution in [3.8, 4) is 0 Å². The smallest absolute Gasteiger partial charge is 0.242 e. The van der Waals surface area contributed by atoms with E-state index in [-0.39, 0.29) is 5.91 Å². The summed E-state index contributed by atoms with van der Waals surface area (Å²) in [5.74, 6) is 0.620. The lowest BCUT2D eigenvalue weighted by molar-refractivity contribution is -0.124. The van der Waals surface area contributed by atoms with E-state index in [0.717, 1.165) is 24.2 Å². The molecule has 1 amide bonds. The van der Waals surface area contributed by atoms with Crippen molar-refractivity contribution in [3.05, 3.63) is 35.9 Å². The largest absolute Gasteiger partial charge is 0.368 e. The van der Waals surface area contributed by atoms with Crippen LogP contribution in [0.5, 0.6) is 0 Å². The van der Waals surface area contributed by atoms with Gasteiger partial charge in [0.05, 0.1) is 0 Å². The van der Waals surface area contributed by atoms with Crippen LogP contribution in [0.2, 0.25) is 0 Å². The second-order valence-electron chi connectivity index (χ2n) is 5.01. The second-order valence-corrected chi connectivity index (χ2v) is 6.55. The van der Waals surface area contributed by atoms with Crippen LogP contribution in [0.25, 0.3) is 0 Å². The molecule has 4 heteroatoms. The highest BCUT2D eigenvalue weighted by molar-refractivity contribution is 7.99. The van der Waals surface area contributed by atoms with Gasteiger partial charge in [0, 0.05) is 5.25 Å². The number of hydrogen-bond donors (Lipinski definition) is 2. The van der Waals surface area contributed by atoms with Crippen LogP contribution in [0.4, 0.5) is 0 Å². The number of amides is 1. The summed E-state index contributed by atoms with van der Waals surface area (Å²) < 4.78 is 0. The minimum absolute atomic E-state index is 0.296. The fourth-order valence-corrected chi connectivity index (χ4v) is 3.30. The van der Waals surface area contributed by atoms with Crippen molar-refractivity contribution in [2.45, 2.75) is 44.4 Å². The average molecular weight is 294 g/mol. The molecule has 1 aromatic carbocycles. The van der Waals surface area contributed by atoms with Gasteiger partial charge in [-0.25, -0.2) is 0 Å². The molecule has 1 aromatic rings. The Morgan fingerprint density at radius 2 is 2.00 bits per heavy atom. The molecule has 20 heavy (non-hydrogen) atoms. The minimum atomic E-state index is -0.754. The molecule has 0 aliphatic rings. The normalized spacial score (nSPS) is 15.6. The summed E-state index contributed by atoms with van der Waals surface area (Å²) in [5.41, 5.74) is 5.93. The van der Waals surface area contributed by atoms with E-state index in [1.54, 1.807) is 0 Å². The van der Waals surface area contributed by atoms with E-state index in [2.05, 4.69) is 19.2 Å². The van der Waals surface area contributed by atoms with Gasteiger partial charge in [-0.1, -0.05) is 51.1 Å². The number of nitrogens with two attached hydrogens (primary N) is 1. The molecular formula is C16H26N2OS. The number of nitrogens with one attached hydrogen (secondary N) is 1. The Hall–Kier alpha value is -1.00. The van der Waals surface area contributed by atoms with E-state index in [0.29, 0.717) is 11.8 Å². The summed E-state index contributed by atoms with van der Waals surface area (Å²) in [6.07, 6.45) is 1.86. The summed E-state index contributed by atoms with van der Waals surface area (Å²) in [6, 6.07) is 9.80. The summed E-state index contributed by atoms with van der Waals surface area (Å²) in [4.78, 5) is 12.1. The van der Waals surface area contributed by atoms with Gasteiger partial charge in [0.1, 0.15) is 5.54 Å². The van der Waals surface area contributed by atoms with Crippen LogP contribution >= 0.6 is 11.8 Å². The van der Waals surface area contributed by atoms with Gasteiger partial charge < -0.3 is 5.73 Å². The molecule has 0 fully saturated rings. The van der Waals surface area contributed by atoms with Crippen LogP contribution in [0, 0.1) is 0 Å². The van der Waals surface area contributed by atoms with E-state index in [1.807, 2.05) is 49.0 Å². The standard InChI is InChI=1S/C16H26N2OS/c1-4-13(3)20-12-11-16(15(17)19,18-5-2)14-9-7-6-8-10-14/h6-10,13,18H,4-5,11-12H2,1-3H3,(H2,17,19). The third-order valence-corrected chi connectivity index (χ3v) is 4.96. The van der Waals surface area contributed by atoms with Crippen molar-refractivity contribution in [3.63, 3.8) is 0 Å². The Morgan fingerprint density at radius 1 is 1.35 bits per heavy atom. The lowest BCUT2D eigenvalue weighted by Gasteiger charge is -2.32. The third kappa shape index (κ3) is 4.25. The molecule has 3 nitrogen and oxygen atoms in total. The maximum Gasteiger partial charge on any atom is 0.242 e. The number of benzene rings is 1. The summed E-state index contributed by atoms with van der Waals surface area (Å²) in [5, 5.41) is 3.92. The van der Waals surface area contributed by atoms with Gasteiger partial charge in [-0.3, -0.25) is 10.1 Å². The number of primary amides is 1. The predicted molar refractivity (Wildman–Crippen MR) is 87.8 cm³/mol. The molecule has 0 aromatic heterocycles. The van der Waals surface area contributed by atoms with Crippen molar-refractivity contribution in [1.29, 1.82) is 0 Å². The zero-order valence-electron chi connectivity index (χ0n) is 12.7. The molecule has 112 valence electrons.